The van der Waals surface area contributed by atoms with Gasteiger partial charge in [-0.1, -0.05) is 0 Å². The van der Waals surface area contributed by atoms with Crippen molar-refractivity contribution < 1.29 is 0 Å². The maximum absolute atomic E-state index is 4.45. The summed E-state index contributed by atoms with van der Waals surface area (Å²) in [6.45, 7) is 8.83. The van der Waals surface area contributed by atoms with Crippen LogP contribution in [0.15, 0.2) is 4.99 Å². The molecule has 0 amide bonds. The monoisotopic (exact) mass is 182 g/mol. The number of likely N-dealkylation sites (tertiary alicyclic amines) is 1. The van der Waals surface area contributed by atoms with E-state index in [4.69, 9.17) is 0 Å². The van der Waals surface area contributed by atoms with Gasteiger partial charge in [-0.15, -0.1) is 0 Å². The molecule has 1 heterocycles. The number of piperidine rings is 1. The molecular formula is C11H22N2. The maximum atomic E-state index is 4.45. The highest BCUT2D eigenvalue weighted by molar-refractivity contribution is 5.56. The van der Waals surface area contributed by atoms with Crippen molar-refractivity contribution in [2.45, 2.75) is 65.1 Å². The zero-order valence-corrected chi connectivity index (χ0v) is 9.33. The van der Waals surface area contributed by atoms with E-state index in [1.54, 1.807) is 0 Å². The van der Waals surface area contributed by atoms with E-state index in [1.807, 2.05) is 0 Å². The van der Waals surface area contributed by atoms with Gasteiger partial charge in [0, 0.05) is 18.1 Å². The Hall–Kier alpha value is -0.530. The summed E-state index contributed by atoms with van der Waals surface area (Å²) >= 11 is 0. The molecule has 1 rings (SSSR count). The molecule has 1 fully saturated rings. The Morgan fingerprint density at radius 2 is 1.77 bits per heavy atom. The molecule has 0 aromatic heterocycles. The Labute approximate surface area is 82.0 Å². The summed E-state index contributed by atoms with van der Waals surface area (Å²) in [5, 5.41) is 0. The van der Waals surface area contributed by atoms with Crippen molar-refractivity contribution in [1.82, 2.24) is 4.90 Å². The highest BCUT2D eigenvalue weighted by Crippen LogP contribution is 2.20. The molecule has 0 aliphatic carbocycles. The molecule has 0 N–H and O–H groups in total. The minimum atomic E-state index is 0.418. The van der Waals surface area contributed by atoms with E-state index >= 15 is 0 Å². The van der Waals surface area contributed by atoms with Crippen LogP contribution < -0.4 is 0 Å². The van der Waals surface area contributed by atoms with Crippen LogP contribution in [-0.4, -0.2) is 29.4 Å². The lowest BCUT2D eigenvalue weighted by molar-refractivity contribution is 0.197. The van der Waals surface area contributed by atoms with Crippen molar-refractivity contribution >= 4 is 6.34 Å². The Morgan fingerprint density at radius 3 is 2.23 bits per heavy atom. The number of rotatable bonds is 2. The molecule has 2 heteroatoms. The second-order valence-corrected chi connectivity index (χ2v) is 4.43. The summed E-state index contributed by atoms with van der Waals surface area (Å²) < 4.78 is 0. The van der Waals surface area contributed by atoms with E-state index in [1.165, 1.54) is 19.3 Å². The summed E-state index contributed by atoms with van der Waals surface area (Å²) in [5.74, 6) is 0. The van der Waals surface area contributed by atoms with Gasteiger partial charge in [0.05, 0.1) is 6.34 Å². The number of hydrogen-bond acceptors (Lipinski definition) is 1. The molecule has 0 unspecified atom stereocenters. The molecule has 1 aliphatic heterocycles. The molecule has 0 saturated carbocycles. The van der Waals surface area contributed by atoms with Gasteiger partial charge in [0.1, 0.15) is 0 Å². The van der Waals surface area contributed by atoms with Crippen LogP contribution in [0, 0.1) is 0 Å². The summed E-state index contributed by atoms with van der Waals surface area (Å²) in [7, 11) is 0. The lowest BCUT2D eigenvalue weighted by Gasteiger charge is -2.37. The van der Waals surface area contributed by atoms with Crippen LogP contribution in [-0.2, 0) is 0 Å². The van der Waals surface area contributed by atoms with E-state index in [0.717, 1.165) is 0 Å². The van der Waals surface area contributed by atoms with Crippen LogP contribution in [0.4, 0.5) is 0 Å². The van der Waals surface area contributed by atoms with Crippen LogP contribution in [0.3, 0.4) is 0 Å². The minimum Gasteiger partial charge on any atom is -0.358 e. The largest absolute Gasteiger partial charge is 0.358 e. The molecule has 0 aromatic rings. The first kappa shape index (κ1) is 10.6. The smallest absolute Gasteiger partial charge is 0.0857 e. The standard InChI is InChI=1S/C11H22N2/c1-9(2)12-8-13-10(3)6-5-7-11(13)4/h8-11H,5-7H2,1-4H3/t10-,11+. The van der Waals surface area contributed by atoms with E-state index in [0.29, 0.717) is 18.1 Å². The van der Waals surface area contributed by atoms with Crippen LogP contribution in [0.25, 0.3) is 0 Å². The fourth-order valence-corrected chi connectivity index (χ4v) is 1.88. The van der Waals surface area contributed by atoms with Gasteiger partial charge < -0.3 is 4.90 Å². The van der Waals surface area contributed by atoms with E-state index in [9.17, 15) is 0 Å². The molecule has 2 atom stereocenters. The molecule has 1 saturated heterocycles. The van der Waals surface area contributed by atoms with Gasteiger partial charge in [-0.3, -0.25) is 4.99 Å². The first-order valence-corrected chi connectivity index (χ1v) is 5.42. The predicted molar refractivity (Wildman–Crippen MR) is 58.2 cm³/mol. The molecule has 76 valence electrons. The predicted octanol–water partition coefficient (Wildman–Crippen LogP) is 2.69. The second-order valence-electron chi connectivity index (χ2n) is 4.43. The van der Waals surface area contributed by atoms with Crippen LogP contribution in [0.5, 0.6) is 0 Å². The summed E-state index contributed by atoms with van der Waals surface area (Å²) in [4.78, 5) is 6.86. The van der Waals surface area contributed by atoms with Gasteiger partial charge >= 0.3 is 0 Å². The fraction of sp³-hybridized carbons (Fsp3) is 0.909. The number of hydrogen-bond donors (Lipinski definition) is 0. The molecular weight excluding hydrogens is 160 g/mol. The Kier molecular flexibility index (Phi) is 3.76. The van der Waals surface area contributed by atoms with Gasteiger partial charge in [0.2, 0.25) is 0 Å². The molecule has 0 aromatic carbocycles. The third-order valence-corrected chi connectivity index (χ3v) is 2.76. The van der Waals surface area contributed by atoms with Crippen molar-refractivity contribution in [2.75, 3.05) is 0 Å². The van der Waals surface area contributed by atoms with Gasteiger partial charge in [0.15, 0.2) is 0 Å². The van der Waals surface area contributed by atoms with Crippen molar-refractivity contribution in [3.63, 3.8) is 0 Å². The van der Waals surface area contributed by atoms with Gasteiger partial charge in [-0.05, 0) is 47.0 Å². The molecule has 0 bridgehead atoms. The normalized spacial score (nSPS) is 30.4. The molecule has 13 heavy (non-hydrogen) atoms. The first-order chi connectivity index (χ1) is 6.11. The molecule has 0 radical (unpaired) electrons. The Morgan fingerprint density at radius 1 is 1.23 bits per heavy atom. The van der Waals surface area contributed by atoms with Gasteiger partial charge in [-0.2, -0.15) is 0 Å². The lowest BCUT2D eigenvalue weighted by Crippen LogP contribution is -2.42. The molecule has 1 aliphatic rings. The van der Waals surface area contributed by atoms with Crippen molar-refractivity contribution in [3.8, 4) is 0 Å². The highest BCUT2D eigenvalue weighted by atomic mass is 15.2. The van der Waals surface area contributed by atoms with Crippen LogP contribution >= 0.6 is 0 Å². The second kappa shape index (κ2) is 4.64. The van der Waals surface area contributed by atoms with E-state index in [-0.39, 0.29) is 0 Å². The fourth-order valence-electron chi connectivity index (χ4n) is 1.88. The first-order valence-electron chi connectivity index (χ1n) is 5.42. The zero-order chi connectivity index (χ0) is 9.84. The molecule has 2 nitrogen and oxygen atoms in total. The number of aliphatic imine (C=N–C) groups is 1. The van der Waals surface area contributed by atoms with E-state index < -0.39 is 0 Å². The van der Waals surface area contributed by atoms with Crippen molar-refractivity contribution in [1.29, 1.82) is 0 Å². The van der Waals surface area contributed by atoms with Gasteiger partial charge in [-0.25, -0.2) is 0 Å². The highest BCUT2D eigenvalue weighted by Gasteiger charge is 2.21. The van der Waals surface area contributed by atoms with Crippen LogP contribution in [0.1, 0.15) is 47.0 Å². The average Bonchev–Trinajstić information content (AvgIpc) is 2.03. The topological polar surface area (TPSA) is 15.6 Å². The summed E-state index contributed by atoms with van der Waals surface area (Å²) in [6.07, 6.45) is 6.05. The summed E-state index contributed by atoms with van der Waals surface area (Å²) in [6, 6.07) is 1.76. The van der Waals surface area contributed by atoms with Crippen molar-refractivity contribution in [3.05, 3.63) is 0 Å². The lowest BCUT2D eigenvalue weighted by atomic mass is 9.98. The van der Waals surface area contributed by atoms with Gasteiger partial charge in [0.25, 0.3) is 0 Å². The number of nitrogens with zero attached hydrogens (tertiary/aromatic N) is 2. The molecule has 0 spiro atoms. The van der Waals surface area contributed by atoms with Crippen molar-refractivity contribution in [2.24, 2.45) is 4.99 Å². The SMILES string of the molecule is CC(C)N=CN1[C@H](C)CCC[C@@H]1C. The van der Waals surface area contributed by atoms with E-state index in [2.05, 4.69) is 43.9 Å². The zero-order valence-electron chi connectivity index (χ0n) is 9.33. The average molecular weight is 182 g/mol. The quantitative estimate of drug-likeness (QED) is 0.473. The third-order valence-electron chi connectivity index (χ3n) is 2.76. The Bertz CT molecular complexity index is 165. The third kappa shape index (κ3) is 3.02. The maximum Gasteiger partial charge on any atom is 0.0857 e. The minimum absolute atomic E-state index is 0.418. The summed E-state index contributed by atoms with van der Waals surface area (Å²) in [5.41, 5.74) is 0. The Balaban J connectivity index is 2.53. The van der Waals surface area contributed by atoms with Crippen LogP contribution in [0.2, 0.25) is 0 Å².